The first-order valence-electron chi connectivity index (χ1n) is 6.71. The van der Waals surface area contributed by atoms with Crippen molar-refractivity contribution >= 4 is 21.6 Å². The number of ketones is 1. The average Bonchev–Trinajstić information content (AvgIpc) is 2.47. The lowest BCUT2D eigenvalue weighted by molar-refractivity contribution is -0.134. The van der Waals surface area contributed by atoms with Crippen LogP contribution in [0.25, 0.3) is 0 Å². The van der Waals surface area contributed by atoms with E-state index in [0.717, 1.165) is 0 Å². The van der Waals surface area contributed by atoms with Gasteiger partial charge >= 0.3 is 16.0 Å². The molecule has 0 spiro atoms. The first-order chi connectivity index (χ1) is 10.2. The summed E-state index contributed by atoms with van der Waals surface area (Å²) < 4.78 is 55.6. The van der Waals surface area contributed by atoms with Crippen molar-refractivity contribution < 1.29 is 26.3 Å². The van der Waals surface area contributed by atoms with Crippen molar-refractivity contribution in [2.24, 2.45) is 5.16 Å². The van der Waals surface area contributed by atoms with Crippen LogP contribution in [0.4, 0.5) is 8.78 Å². The van der Waals surface area contributed by atoms with Crippen molar-refractivity contribution in [2.75, 3.05) is 5.75 Å². The molecule has 1 aromatic rings. The minimum atomic E-state index is -4.06. The third-order valence-corrected chi connectivity index (χ3v) is 3.92. The molecule has 0 bridgehead atoms. The van der Waals surface area contributed by atoms with Gasteiger partial charge < -0.3 is 0 Å². The number of oxime groups is 1. The Morgan fingerprint density at radius 2 is 1.82 bits per heavy atom. The lowest BCUT2D eigenvalue weighted by Gasteiger charge is -2.16. The maximum Gasteiger partial charge on any atom is 0.350 e. The summed E-state index contributed by atoms with van der Waals surface area (Å²) in [4.78, 5) is 11.5. The van der Waals surface area contributed by atoms with E-state index in [2.05, 4.69) is 9.44 Å². The number of rotatable bonds is 8. The van der Waals surface area contributed by atoms with Gasteiger partial charge in [-0.3, -0.25) is 9.08 Å². The van der Waals surface area contributed by atoms with E-state index in [4.69, 9.17) is 0 Å². The summed E-state index contributed by atoms with van der Waals surface area (Å²) in [5.74, 6) is -5.66. The van der Waals surface area contributed by atoms with Gasteiger partial charge in [-0.15, -0.1) is 0 Å². The van der Waals surface area contributed by atoms with Gasteiger partial charge in [0.25, 0.3) is 0 Å². The zero-order valence-electron chi connectivity index (χ0n) is 12.3. The lowest BCUT2D eigenvalue weighted by atomic mass is 10.0. The quantitative estimate of drug-likeness (QED) is 0.542. The van der Waals surface area contributed by atoms with E-state index in [1.54, 1.807) is 13.0 Å². The molecule has 0 heterocycles. The van der Waals surface area contributed by atoms with E-state index in [1.807, 2.05) is 0 Å². The Balaban J connectivity index is 3.27. The smallest absolute Gasteiger partial charge is 0.292 e. The standard InChI is InChI=1S/C14H17F2NO4S/c1-3-10-22(19,20)21-17-13(11-8-6-5-7-9-11)14(15,16)12(18)4-2/h5-9H,3-4,10H2,1-2H3. The molecule has 0 fully saturated rings. The van der Waals surface area contributed by atoms with Crippen LogP contribution in [-0.4, -0.2) is 31.6 Å². The predicted molar refractivity (Wildman–Crippen MR) is 78.4 cm³/mol. The van der Waals surface area contributed by atoms with Crippen LogP contribution >= 0.6 is 0 Å². The van der Waals surface area contributed by atoms with E-state index < -0.39 is 34.0 Å². The number of Topliss-reactive ketones (excluding diaryl/α,β-unsaturated/α-hetero) is 1. The molecule has 0 N–H and O–H groups in total. The van der Waals surface area contributed by atoms with Crippen molar-refractivity contribution in [1.82, 2.24) is 0 Å². The van der Waals surface area contributed by atoms with Gasteiger partial charge in [0, 0.05) is 12.0 Å². The Morgan fingerprint density at radius 3 is 2.32 bits per heavy atom. The monoisotopic (exact) mass is 333 g/mol. The second-order valence-corrected chi connectivity index (χ2v) is 6.17. The highest BCUT2D eigenvalue weighted by Gasteiger charge is 2.44. The van der Waals surface area contributed by atoms with E-state index in [0.29, 0.717) is 0 Å². The molecule has 0 radical (unpaired) electrons. The zero-order valence-corrected chi connectivity index (χ0v) is 13.1. The average molecular weight is 333 g/mol. The largest absolute Gasteiger partial charge is 0.350 e. The first kappa shape index (κ1) is 18.2. The molecule has 122 valence electrons. The Labute approximate surface area is 128 Å². The van der Waals surface area contributed by atoms with E-state index in [-0.39, 0.29) is 17.7 Å². The molecule has 0 aliphatic rings. The van der Waals surface area contributed by atoms with Gasteiger partial charge in [0.1, 0.15) is 0 Å². The Bertz CT molecular complexity index is 642. The summed E-state index contributed by atoms with van der Waals surface area (Å²) in [6.07, 6.45) is -0.163. The fourth-order valence-electron chi connectivity index (χ4n) is 1.62. The predicted octanol–water partition coefficient (Wildman–Crippen LogP) is 2.76. The number of alkyl halides is 2. The highest BCUT2D eigenvalue weighted by molar-refractivity contribution is 7.86. The van der Waals surface area contributed by atoms with Crippen LogP contribution in [0, 0.1) is 0 Å². The SMILES string of the molecule is CCCS(=O)(=O)ON=C(c1ccccc1)C(F)(F)C(=O)CC. The summed E-state index contributed by atoms with van der Waals surface area (Å²) in [7, 11) is -4.06. The number of carbonyl (C=O) groups excluding carboxylic acids is 1. The van der Waals surface area contributed by atoms with Crippen molar-refractivity contribution in [3.05, 3.63) is 35.9 Å². The summed E-state index contributed by atoms with van der Waals surface area (Å²) in [6, 6.07) is 7.13. The molecule has 0 aliphatic carbocycles. The minimum Gasteiger partial charge on any atom is -0.292 e. The molecule has 1 aromatic carbocycles. The molecule has 0 saturated carbocycles. The second-order valence-electron chi connectivity index (χ2n) is 4.49. The third-order valence-electron chi connectivity index (χ3n) is 2.71. The number of carbonyl (C=O) groups is 1. The van der Waals surface area contributed by atoms with Gasteiger partial charge in [0.05, 0.1) is 5.75 Å². The molecule has 0 aromatic heterocycles. The second kappa shape index (κ2) is 7.44. The maximum atomic E-state index is 14.2. The van der Waals surface area contributed by atoms with Crippen LogP contribution in [0.15, 0.2) is 35.5 Å². The van der Waals surface area contributed by atoms with Crippen LogP contribution in [0.1, 0.15) is 32.3 Å². The number of nitrogens with zero attached hydrogens (tertiary/aromatic N) is 1. The van der Waals surface area contributed by atoms with E-state index in [9.17, 15) is 22.0 Å². The van der Waals surface area contributed by atoms with Crippen LogP contribution in [0.5, 0.6) is 0 Å². The Hall–Kier alpha value is -1.83. The molecular weight excluding hydrogens is 316 g/mol. The highest BCUT2D eigenvalue weighted by Crippen LogP contribution is 2.24. The Kier molecular flexibility index (Phi) is 6.16. The van der Waals surface area contributed by atoms with Crippen LogP contribution in [0.2, 0.25) is 0 Å². The number of halogens is 2. The molecule has 5 nitrogen and oxygen atoms in total. The minimum absolute atomic E-state index is 0.0824. The molecular formula is C14H17F2NO4S. The van der Waals surface area contributed by atoms with Crippen molar-refractivity contribution in [1.29, 1.82) is 0 Å². The molecule has 0 amide bonds. The van der Waals surface area contributed by atoms with Crippen LogP contribution < -0.4 is 0 Å². The summed E-state index contributed by atoms with van der Waals surface area (Å²) >= 11 is 0. The highest BCUT2D eigenvalue weighted by atomic mass is 32.2. The van der Waals surface area contributed by atoms with Crippen molar-refractivity contribution in [3.63, 3.8) is 0 Å². The van der Waals surface area contributed by atoms with Crippen molar-refractivity contribution in [2.45, 2.75) is 32.6 Å². The summed E-state index contributed by atoms with van der Waals surface area (Å²) in [5.41, 5.74) is -1.10. The molecule has 8 heteroatoms. The molecule has 0 atom stereocenters. The summed E-state index contributed by atoms with van der Waals surface area (Å²) in [5, 5.41) is 3.08. The fourth-order valence-corrected chi connectivity index (χ4v) is 2.39. The van der Waals surface area contributed by atoms with Gasteiger partial charge in [0.2, 0.25) is 5.78 Å². The number of hydrogen-bond acceptors (Lipinski definition) is 5. The van der Waals surface area contributed by atoms with Gasteiger partial charge in [-0.1, -0.05) is 49.3 Å². The fraction of sp³-hybridized carbons (Fsp3) is 0.429. The third kappa shape index (κ3) is 4.59. The molecule has 22 heavy (non-hydrogen) atoms. The van der Waals surface area contributed by atoms with E-state index >= 15 is 0 Å². The molecule has 0 saturated heterocycles. The van der Waals surface area contributed by atoms with Crippen LogP contribution in [-0.2, 0) is 19.2 Å². The van der Waals surface area contributed by atoms with Gasteiger partial charge in [-0.05, 0) is 6.42 Å². The van der Waals surface area contributed by atoms with Gasteiger partial charge in [-0.2, -0.15) is 17.2 Å². The normalized spacial score (nSPS) is 13.0. The molecule has 0 aliphatic heterocycles. The Morgan fingerprint density at radius 1 is 1.23 bits per heavy atom. The molecule has 1 rings (SSSR count). The topological polar surface area (TPSA) is 72.8 Å². The lowest BCUT2D eigenvalue weighted by Crippen LogP contribution is -2.38. The summed E-state index contributed by atoms with van der Waals surface area (Å²) in [6.45, 7) is 2.88. The number of hydrogen-bond donors (Lipinski definition) is 0. The van der Waals surface area contributed by atoms with Gasteiger partial charge in [-0.25, -0.2) is 0 Å². The van der Waals surface area contributed by atoms with E-state index in [1.165, 1.54) is 31.2 Å². The first-order valence-corrected chi connectivity index (χ1v) is 8.28. The molecule has 0 unspecified atom stereocenters. The number of benzene rings is 1. The van der Waals surface area contributed by atoms with Crippen molar-refractivity contribution in [3.8, 4) is 0 Å². The maximum absolute atomic E-state index is 14.2. The van der Waals surface area contributed by atoms with Crippen LogP contribution in [0.3, 0.4) is 0 Å². The van der Waals surface area contributed by atoms with Gasteiger partial charge in [0.15, 0.2) is 5.71 Å². The zero-order chi connectivity index (χ0) is 16.8.